The summed E-state index contributed by atoms with van der Waals surface area (Å²) in [7, 11) is 0. The van der Waals surface area contributed by atoms with Gasteiger partial charge < -0.3 is 4.74 Å². The lowest BCUT2D eigenvalue weighted by molar-refractivity contribution is -0.384. The average Bonchev–Trinajstić information content (AvgIpc) is 2.65. The zero-order valence-corrected chi connectivity index (χ0v) is 14.6. The number of carbonyl (C=O) groups is 2. The number of alkyl halides is 3. The molecule has 0 N–H and O–H groups in total. The molecule has 2 aromatic carbocycles. The van der Waals surface area contributed by atoms with Crippen molar-refractivity contribution >= 4 is 23.3 Å². The highest BCUT2D eigenvalue weighted by Crippen LogP contribution is 2.32. The number of amides is 1. The highest BCUT2D eigenvalue weighted by molar-refractivity contribution is 5.99. The van der Waals surface area contributed by atoms with E-state index in [1.165, 1.54) is 36.4 Å². The van der Waals surface area contributed by atoms with Crippen LogP contribution >= 0.6 is 0 Å². The third-order valence-corrected chi connectivity index (χ3v) is 3.66. The lowest BCUT2D eigenvalue weighted by atomic mass is 10.1. The van der Waals surface area contributed by atoms with Gasteiger partial charge in [0, 0.05) is 6.07 Å². The topological polar surface area (TPSA) is 89.8 Å². The summed E-state index contributed by atoms with van der Waals surface area (Å²) in [5, 5.41) is 11.2. The summed E-state index contributed by atoms with van der Waals surface area (Å²) >= 11 is 0. The highest BCUT2D eigenvalue weighted by Gasteiger charge is 2.44. The van der Waals surface area contributed by atoms with E-state index < -0.39 is 40.9 Å². The van der Waals surface area contributed by atoms with E-state index in [9.17, 15) is 32.9 Å². The van der Waals surface area contributed by atoms with E-state index in [0.29, 0.717) is 0 Å². The SMILES string of the molecule is CCOC(=O)c1ccc(CN(C(=O)C(F)(F)F)c2ccccc2[N+](=O)[O-])cc1. The van der Waals surface area contributed by atoms with Gasteiger partial charge in [-0.1, -0.05) is 24.3 Å². The summed E-state index contributed by atoms with van der Waals surface area (Å²) in [5.74, 6) is -2.84. The molecule has 0 unspecified atom stereocenters. The Labute approximate surface area is 157 Å². The van der Waals surface area contributed by atoms with Gasteiger partial charge in [-0.25, -0.2) is 4.79 Å². The van der Waals surface area contributed by atoms with Crippen molar-refractivity contribution in [2.75, 3.05) is 11.5 Å². The summed E-state index contributed by atoms with van der Waals surface area (Å²) in [6.45, 7) is 1.21. The molecule has 1 amide bonds. The van der Waals surface area contributed by atoms with Crippen molar-refractivity contribution in [3.63, 3.8) is 0 Å². The van der Waals surface area contributed by atoms with Gasteiger partial charge in [-0.2, -0.15) is 13.2 Å². The number of esters is 1. The first-order valence-electron chi connectivity index (χ1n) is 8.03. The molecule has 0 heterocycles. The Morgan fingerprint density at radius 3 is 2.25 bits per heavy atom. The van der Waals surface area contributed by atoms with Crippen LogP contribution in [0.5, 0.6) is 0 Å². The Morgan fingerprint density at radius 2 is 1.71 bits per heavy atom. The summed E-state index contributed by atoms with van der Waals surface area (Å²) in [5.41, 5.74) is -0.693. The Hall–Kier alpha value is -3.43. The average molecular weight is 396 g/mol. The summed E-state index contributed by atoms with van der Waals surface area (Å²) in [4.78, 5) is 34.1. The van der Waals surface area contributed by atoms with Crippen molar-refractivity contribution in [3.8, 4) is 0 Å². The maximum Gasteiger partial charge on any atom is 0.471 e. The number of nitrogens with zero attached hydrogens (tertiary/aromatic N) is 2. The smallest absolute Gasteiger partial charge is 0.462 e. The zero-order chi connectivity index (χ0) is 20.9. The first kappa shape index (κ1) is 20.9. The predicted molar refractivity (Wildman–Crippen MR) is 92.7 cm³/mol. The van der Waals surface area contributed by atoms with Crippen LogP contribution < -0.4 is 4.90 Å². The van der Waals surface area contributed by atoms with Crippen LogP contribution in [-0.2, 0) is 16.1 Å². The molecule has 2 aromatic rings. The van der Waals surface area contributed by atoms with Crippen LogP contribution in [0, 0.1) is 10.1 Å². The third-order valence-electron chi connectivity index (χ3n) is 3.66. The maximum absolute atomic E-state index is 13.1. The standard InChI is InChI=1S/C18H15F3N2O5/c1-2-28-16(24)13-9-7-12(8-10-13)11-22(17(25)18(19,20)21)14-5-3-4-6-15(14)23(26)27/h3-10H,2,11H2,1H3. The van der Waals surface area contributed by atoms with Gasteiger partial charge in [-0.15, -0.1) is 0 Å². The van der Waals surface area contributed by atoms with Gasteiger partial charge in [0.2, 0.25) is 0 Å². The number of nitro groups is 1. The lowest BCUT2D eigenvalue weighted by Crippen LogP contribution is -2.41. The number of rotatable bonds is 6. The Kier molecular flexibility index (Phi) is 6.34. The monoisotopic (exact) mass is 396 g/mol. The van der Waals surface area contributed by atoms with E-state index >= 15 is 0 Å². The minimum Gasteiger partial charge on any atom is -0.462 e. The molecule has 0 bridgehead atoms. The molecule has 0 atom stereocenters. The molecule has 0 radical (unpaired) electrons. The van der Waals surface area contributed by atoms with E-state index in [4.69, 9.17) is 4.74 Å². The van der Waals surface area contributed by atoms with Crippen LogP contribution in [-0.4, -0.2) is 29.6 Å². The molecule has 0 aliphatic heterocycles. The Bertz CT molecular complexity index is 882. The molecule has 7 nitrogen and oxygen atoms in total. The molecule has 148 valence electrons. The minimum absolute atomic E-state index is 0.159. The number of anilines is 1. The molecule has 0 spiro atoms. The van der Waals surface area contributed by atoms with Gasteiger partial charge >= 0.3 is 18.1 Å². The van der Waals surface area contributed by atoms with E-state index in [0.717, 1.165) is 12.1 Å². The highest BCUT2D eigenvalue weighted by atomic mass is 19.4. The quantitative estimate of drug-likeness (QED) is 0.420. The molecular weight excluding hydrogens is 381 g/mol. The number of para-hydroxylation sites is 2. The molecule has 28 heavy (non-hydrogen) atoms. The van der Waals surface area contributed by atoms with Crippen LogP contribution in [0.25, 0.3) is 0 Å². The molecule has 0 aliphatic rings. The normalized spacial score (nSPS) is 11.0. The van der Waals surface area contributed by atoms with Crippen molar-refractivity contribution in [1.82, 2.24) is 0 Å². The number of benzene rings is 2. The number of hydrogen-bond donors (Lipinski definition) is 0. The van der Waals surface area contributed by atoms with Gasteiger partial charge in [-0.05, 0) is 30.7 Å². The fourth-order valence-corrected chi connectivity index (χ4v) is 2.41. The van der Waals surface area contributed by atoms with Crippen molar-refractivity contribution in [2.45, 2.75) is 19.6 Å². The fourth-order valence-electron chi connectivity index (χ4n) is 2.41. The van der Waals surface area contributed by atoms with Gasteiger partial charge in [0.05, 0.1) is 23.6 Å². The number of hydrogen-bond acceptors (Lipinski definition) is 5. The molecule has 0 saturated carbocycles. The Balaban J connectivity index is 2.41. The van der Waals surface area contributed by atoms with Crippen LogP contribution in [0.2, 0.25) is 0 Å². The van der Waals surface area contributed by atoms with Crippen molar-refractivity contribution in [2.24, 2.45) is 0 Å². The second-order valence-electron chi connectivity index (χ2n) is 5.55. The minimum atomic E-state index is -5.23. The van der Waals surface area contributed by atoms with Crippen molar-refractivity contribution in [1.29, 1.82) is 0 Å². The summed E-state index contributed by atoms with van der Waals surface area (Å²) in [6, 6.07) is 10.0. The van der Waals surface area contributed by atoms with Gasteiger partial charge in [-0.3, -0.25) is 19.8 Å². The van der Waals surface area contributed by atoms with Gasteiger partial charge in [0.25, 0.3) is 5.69 Å². The third kappa shape index (κ3) is 4.84. The van der Waals surface area contributed by atoms with Crippen LogP contribution in [0.4, 0.5) is 24.5 Å². The van der Waals surface area contributed by atoms with Crippen molar-refractivity contribution < 1.29 is 32.4 Å². The van der Waals surface area contributed by atoms with E-state index in [2.05, 4.69) is 0 Å². The zero-order valence-electron chi connectivity index (χ0n) is 14.6. The molecular formula is C18H15F3N2O5. The molecule has 2 rings (SSSR count). The van der Waals surface area contributed by atoms with Crippen molar-refractivity contribution in [3.05, 3.63) is 69.8 Å². The van der Waals surface area contributed by atoms with E-state index in [-0.39, 0.29) is 22.6 Å². The van der Waals surface area contributed by atoms with Gasteiger partial charge in [0.15, 0.2) is 0 Å². The molecule has 10 heteroatoms. The number of nitro benzene ring substituents is 1. The second kappa shape index (κ2) is 8.51. The van der Waals surface area contributed by atoms with Crippen LogP contribution in [0.15, 0.2) is 48.5 Å². The maximum atomic E-state index is 13.1. The number of ether oxygens (including phenoxy) is 1. The number of carbonyl (C=O) groups excluding carboxylic acids is 2. The lowest BCUT2D eigenvalue weighted by Gasteiger charge is -2.23. The molecule has 0 aromatic heterocycles. The summed E-state index contributed by atoms with van der Waals surface area (Å²) in [6.07, 6.45) is -5.23. The van der Waals surface area contributed by atoms with Crippen LogP contribution in [0.3, 0.4) is 0 Å². The van der Waals surface area contributed by atoms with Gasteiger partial charge in [0.1, 0.15) is 5.69 Å². The molecule has 0 saturated heterocycles. The predicted octanol–water partition coefficient (Wildman–Crippen LogP) is 3.87. The number of halogens is 3. The molecule has 0 aliphatic carbocycles. The largest absolute Gasteiger partial charge is 0.471 e. The van der Waals surface area contributed by atoms with E-state index in [1.54, 1.807) is 6.92 Å². The first-order chi connectivity index (χ1) is 13.1. The molecule has 0 fully saturated rings. The van der Waals surface area contributed by atoms with Crippen LogP contribution in [0.1, 0.15) is 22.8 Å². The second-order valence-corrected chi connectivity index (χ2v) is 5.55. The summed E-state index contributed by atoms with van der Waals surface area (Å²) < 4.78 is 44.0. The fraction of sp³-hybridized carbons (Fsp3) is 0.222. The first-order valence-corrected chi connectivity index (χ1v) is 8.03. The Morgan fingerprint density at radius 1 is 1.11 bits per heavy atom. The van der Waals surface area contributed by atoms with E-state index in [1.807, 2.05) is 0 Å².